The fourth-order valence-corrected chi connectivity index (χ4v) is 4.23. The number of carbonyl (C=O) groups is 2. The van der Waals surface area contributed by atoms with Crippen LogP contribution in [0.15, 0.2) is 40.3 Å². The number of likely N-dealkylation sites (tertiary alicyclic amines) is 2. The smallest absolute Gasteiger partial charge is 0.295 e. The number of methoxy groups -OCH3 is 1. The number of hydrogen-bond acceptors (Lipinski definition) is 6. The average molecular weight is 428 g/mol. The standard InChI is InChI=1S/C23H25FN2O5/c1-14-5-7-18(31-14)20-19(21(27)15-6-8-17(30-2)16(24)13-15)22(28)23(29)26(20)12-11-25-9-3-4-10-25/h5-8,13,20,27H,3-4,9-12H2,1-2H3/b21-19+. The van der Waals surface area contributed by atoms with E-state index in [4.69, 9.17) is 9.15 Å². The van der Waals surface area contributed by atoms with Crippen LogP contribution in [0.2, 0.25) is 0 Å². The van der Waals surface area contributed by atoms with Crippen LogP contribution in [-0.2, 0) is 9.59 Å². The molecule has 1 aromatic carbocycles. The van der Waals surface area contributed by atoms with Crippen LogP contribution in [0.25, 0.3) is 5.76 Å². The van der Waals surface area contributed by atoms with Gasteiger partial charge in [-0.2, -0.15) is 0 Å². The lowest BCUT2D eigenvalue weighted by Crippen LogP contribution is -2.37. The molecule has 8 heteroatoms. The first kappa shape index (κ1) is 21.1. The third-order valence-corrected chi connectivity index (χ3v) is 5.85. The maximum absolute atomic E-state index is 14.2. The maximum atomic E-state index is 14.2. The number of aliphatic hydroxyl groups excluding tert-OH is 1. The lowest BCUT2D eigenvalue weighted by molar-refractivity contribution is -0.140. The van der Waals surface area contributed by atoms with E-state index in [1.54, 1.807) is 19.1 Å². The zero-order chi connectivity index (χ0) is 22.1. The van der Waals surface area contributed by atoms with Gasteiger partial charge >= 0.3 is 0 Å². The topological polar surface area (TPSA) is 83.2 Å². The van der Waals surface area contributed by atoms with Crippen LogP contribution in [-0.4, -0.2) is 59.9 Å². The summed E-state index contributed by atoms with van der Waals surface area (Å²) in [4.78, 5) is 29.5. The van der Waals surface area contributed by atoms with Crippen molar-refractivity contribution in [3.8, 4) is 5.75 Å². The highest BCUT2D eigenvalue weighted by atomic mass is 19.1. The Labute approximate surface area is 179 Å². The largest absolute Gasteiger partial charge is 0.507 e. The number of rotatable bonds is 6. The number of benzene rings is 1. The number of aliphatic hydroxyl groups is 1. The molecule has 0 aliphatic carbocycles. The third kappa shape index (κ3) is 3.95. The number of aryl methyl sites for hydroxylation is 1. The van der Waals surface area contributed by atoms with Crippen molar-refractivity contribution in [2.24, 2.45) is 0 Å². The molecule has 1 aromatic heterocycles. The van der Waals surface area contributed by atoms with Crippen molar-refractivity contribution < 1.29 is 28.2 Å². The van der Waals surface area contributed by atoms with E-state index in [2.05, 4.69) is 4.90 Å². The van der Waals surface area contributed by atoms with Gasteiger partial charge in [-0.15, -0.1) is 0 Å². The van der Waals surface area contributed by atoms with Gasteiger partial charge in [0.2, 0.25) is 0 Å². The summed E-state index contributed by atoms with van der Waals surface area (Å²) in [7, 11) is 1.34. The van der Waals surface area contributed by atoms with Crippen LogP contribution < -0.4 is 4.74 Å². The van der Waals surface area contributed by atoms with Crippen molar-refractivity contribution in [2.45, 2.75) is 25.8 Å². The predicted octanol–water partition coefficient (Wildman–Crippen LogP) is 3.25. The van der Waals surface area contributed by atoms with Crippen molar-refractivity contribution in [3.05, 3.63) is 58.8 Å². The maximum Gasteiger partial charge on any atom is 0.295 e. The molecule has 0 spiro atoms. The van der Waals surface area contributed by atoms with Gasteiger partial charge in [0.15, 0.2) is 11.6 Å². The molecule has 2 fully saturated rings. The minimum Gasteiger partial charge on any atom is -0.507 e. The molecule has 2 aliphatic rings. The molecule has 2 saturated heterocycles. The second-order valence-corrected chi connectivity index (χ2v) is 7.84. The third-order valence-electron chi connectivity index (χ3n) is 5.85. The molecule has 0 radical (unpaired) electrons. The summed E-state index contributed by atoms with van der Waals surface area (Å²) in [5.41, 5.74) is -0.0190. The molecule has 4 rings (SSSR count). The van der Waals surface area contributed by atoms with Gasteiger partial charge in [-0.3, -0.25) is 9.59 Å². The number of hydrogen-bond donors (Lipinski definition) is 1. The lowest BCUT2D eigenvalue weighted by atomic mass is 9.99. The lowest BCUT2D eigenvalue weighted by Gasteiger charge is -2.25. The average Bonchev–Trinajstić information content (AvgIpc) is 3.48. The molecule has 0 saturated carbocycles. The molecule has 3 heterocycles. The second-order valence-electron chi connectivity index (χ2n) is 7.84. The number of Topliss-reactive ketones (excluding diaryl/α,β-unsaturated/α-hetero) is 1. The van der Waals surface area contributed by atoms with Gasteiger partial charge in [0.25, 0.3) is 11.7 Å². The van der Waals surface area contributed by atoms with Crippen LogP contribution in [0.3, 0.4) is 0 Å². The van der Waals surface area contributed by atoms with Gasteiger partial charge < -0.3 is 24.1 Å². The highest BCUT2D eigenvalue weighted by molar-refractivity contribution is 6.46. The Morgan fingerprint density at radius 1 is 1.19 bits per heavy atom. The SMILES string of the molecule is COc1ccc(/C(O)=C2\C(=O)C(=O)N(CCN3CCCC3)C2c2ccc(C)o2)cc1F. The van der Waals surface area contributed by atoms with E-state index in [-0.39, 0.29) is 16.9 Å². The molecule has 1 unspecified atom stereocenters. The van der Waals surface area contributed by atoms with Crippen molar-refractivity contribution in [2.75, 3.05) is 33.3 Å². The zero-order valence-corrected chi connectivity index (χ0v) is 17.6. The first-order chi connectivity index (χ1) is 14.9. The van der Waals surface area contributed by atoms with E-state index < -0.39 is 29.3 Å². The number of amides is 1. The van der Waals surface area contributed by atoms with E-state index >= 15 is 0 Å². The van der Waals surface area contributed by atoms with Gasteiger partial charge in [-0.1, -0.05) is 0 Å². The molecule has 1 amide bonds. The Bertz CT molecular complexity index is 1040. The monoisotopic (exact) mass is 428 g/mol. The summed E-state index contributed by atoms with van der Waals surface area (Å²) < 4.78 is 24.9. The fraction of sp³-hybridized carbons (Fsp3) is 0.391. The number of ketones is 1. The van der Waals surface area contributed by atoms with Gasteiger partial charge in [-0.25, -0.2) is 4.39 Å². The Morgan fingerprint density at radius 3 is 2.55 bits per heavy atom. The van der Waals surface area contributed by atoms with Crippen molar-refractivity contribution in [1.82, 2.24) is 9.80 Å². The van der Waals surface area contributed by atoms with E-state index in [0.29, 0.717) is 24.6 Å². The van der Waals surface area contributed by atoms with Crippen LogP contribution in [0.4, 0.5) is 4.39 Å². The molecule has 7 nitrogen and oxygen atoms in total. The van der Waals surface area contributed by atoms with Gasteiger partial charge in [0, 0.05) is 18.7 Å². The number of furan rings is 1. The van der Waals surface area contributed by atoms with Gasteiger partial charge in [-0.05, 0) is 63.2 Å². The van der Waals surface area contributed by atoms with Crippen LogP contribution in [0, 0.1) is 12.7 Å². The molecule has 2 aromatic rings. The predicted molar refractivity (Wildman–Crippen MR) is 111 cm³/mol. The Balaban J connectivity index is 1.75. The first-order valence-corrected chi connectivity index (χ1v) is 10.3. The minimum absolute atomic E-state index is 0.0147. The van der Waals surface area contributed by atoms with Crippen molar-refractivity contribution in [1.29, 1.82) is 0 Å². The Kier molecular flexibility index (Phi) is 5.82. The van der Waals surface area contributed by atoms with E-state index in [1.165, 1.54) is 24.1 Å². The van der Waals surface area contributed by atoms with Crippen molar-refractivity contribution >= 4 is 17.4 Å². The Morgan fingerprint density at radius 2 is 1.94 bits per heavy atom. The summed E-state index contributed by atoms with van der Waals surface area (Å²) in [5.74, 6) is -1.61. The summed E-state index contributed by atoms with van der Waals surface area (Å²) in [6.07, 6.45) is 2.23. The van der Waals surface area contributed by atoms with Crippen LogP contribution in [0.5, 0.6) is 5.75 Å². The molecule has 164 valence electrons. The molecule has 0 bridgehead atoms. The number of ether oxygens (including phenoxy) is 1. The highest BCUT2D eigenvalue weighted by Crippen LogP contribution is 2.40. The first-order valence-electron chi connectivity index (χ1n) is 10.3. The fourth-order valence-electron chi connectivity index (χ4n) is 4.23. The Hall–Kier alpha value is -3.13. The summed E-state index contributed by atoms with van der Waals surface area (Å²) >= 11 is 0. The number of halogens is 1. The highest BCUT2D eigenvalue weighted by Gasteiger charge is 2.47. The van der Waals surface area contributed by atoms with Crippen LogP contribution >= 0.6 is 0 Å². The van der Waals surface area contributed by atoms with Crippen molar-refractivity contribution in [3.63, 3.8) is 0 Å². The molecule has 31 heavy (non-hydrogen) atoms. The van der Waals surface area contributed by atoms with Gasteiger partial charge in [0.1, 0.15) is 23.3 Å². The summed E-state index contributed by atoms with van der Waals surface area (Å²) in [6.45, 7) is 4.63. The minimum atomic E-state index is -0.874. The second kappa shape index (κ2) is 8.55. The quantitative estimate of drug-likeness (QED) is 0.432. The number of carbonyl (C=O) groups excluding carboxylic acids is 2. The van der Waals surface area contributed by atoms with E-state index in [1.807, 2.05) is 0 Å². The molecular formula is C23H25FN2O5. The summed E-state index contributed by atoms with van der Waals surface area (Å²) in [5, 5.41) is 11.0. The van der Waals surface area contributed by atoms with E-state index in [0.717, 1.165) is 32.0 Å². The van der Waals surface area contributed by atoms with E-state index in [9.17, 15) is 19.1 Å². The molecular weight excluding hydrogens is 403 g/mol. The normalized spacial score (nSPS) is 21.3. The number of nitrogens with zero attached hydrogens (tertiary/aromatic N) is 2. The molecule has 1 atom stereocenters. The van der Waals surface area contributed by atoms with Gasteiger partial charge in [0.05, 0.1) is 12.7 Å². The zero-order valence-electron chi connectivity index (χ0n) is 17.6. The summed E-state index contributed by atoms with van der Waals surface area (Å²) in [6, 6.07) is 6.44. The molecule has 2 aliphatic heterocycles. The van der Waals surface area contributed by atoms with Crippen LogP contribution in [0.1, 0.15) is 36.0 Å². The molecule has 1 N–H and O–H groups in total.